The van der Waals surface area contributed by atoms with Gasteiger partial charge in [0.1, 0.15) is 14.6 Å². The van der Waals surface area contributed by atoms with Crippen LogP contribution in [0.4, 0.5) is 0 Å². The second kappa shape index (κ2) is 4.05. The fraction of sp³-hybridized carbons (Fsp3) is 1.00. The van der Waals surface area contributed by atoms with E-state index in [2.05, 4.69) is 0 Å². The molecule has 1 aliphatic rings. The molecule has 0 amide bonds. The number of rotatable bonds is 0. The van der Waals surface area contributed by atoms with Gasteiger partial charge in [-0.3, -0.25) is 0 Å². The average Bonchev–Trinajstić information content (AvgIpc) is 1.62. The predicted molar refractivity (Wildman–Crippen MR) is 42.8 cm³/mol. The first kappa shape index (κ1) is 6.25. The SMILES string of the molecule is B1CCCBCCC1. The van der Waals surface area contributed by atoms with Crippen molar-refractivity contribution in [3.8, 4) is 0 Å². The van der Waals surface area contributed by atoms with Gasteiger partial charge in [-0.25, -0.2) is 0 Å². The molecule has 0 aromatic rings. The normalized spacial score (nSPS) is 22.0. The van der Waals surface area contributed by atoms with Crippen LogP contribution in [0.3, 0.4) is 0 Å². The molecular formula is C6H14B2. The van der Waals surface area contributed by atoms with E-state index >= 15 is 0 Å². The first-order valence-corrected chi connectivity index (χ1v) is 4.00. The zero-order valence-corrected chi connectivity index (χ0v) is 5.66. The van der Waals surface area contributed by atoms with E-state index < -0.39 is 0 Å². The molecule has 8 heavy (non-hydrogen) atoms. The Kier molecular flexibility index (Phi) is 3.17. The van der Waals surface area contributed by atoms with Crippen LogP contribution in [-0.4, -0.2) is 14.6 Å². The summed E-state index contributed by atoms with van der Waals surface area (Å²) in [5.41, 5.74) is 0. The lowest BCUT2D eigenvalue weighted by Gasteiger charge is -2.03. The summed E-state index contributed by atoms with van der Waals surface area (Å²) in [5, 5.41) is 0. The van der Waals surface area contributed by atoms with Crippen LogP contribution in [-0.2, 0) is 0 Å². The molecular weight excluding hydrogens is 93.7 g/mol. The van der Waals surface area contributed by atoms with E-state index in [0.29, 0.717) is 0 Å². The average molecular weight is 108 g/mol. The van der Waals surface area contributed by atoms with Crippen molar-refractivity contribution in [2.75, 3.05) is 0 Å². The van der Waals surface area contributed by atoms with Gasteiger partial charge in [-0.1, -0.05) is 38.1 Å². The van der Waals surface area contributed by atoms with Crippen molar-refractivity contribution in [2.45, 2.75) is 38.1 Å². The van der Waals surface area contributed by atoms with Gasteiger partial charge in [0.25, 0.3) is 0 Å². The van der Waals surface area contributed by atoms with Gasteiger partial charge in [-0.2, -0.15) is 0 Å². The van der Waals surface area contributed by atoms with E-state index in [1.54, 1.807) is 0 Å². The Morgan fingerprint density at radius 1 is 0.625 bits per heavy atom. The molecule has 1 saturated heterocycles. The zero-order chi connectivity index (χ0) is 5.66. The molecule has 2 heteroatoms. The molecule has 1 fully saturated rings. The summed E-state index contributed by atoms with van der Waals surface area (Å²) in [5.74, 6) is 0. The lowest BCUT2D eigenvalue weighted by atomic mass is 9.58. The highest BCUT2D eigenvalue weighted by Gasteiger charge is 1.98. The molecule has 0 atom stereocenters. The third-order valence-corrected chi connectivity index (χ3v) is 2.00. The Morgan fingerprint density at radius 3 is 1.38 bits per heavy atom. The summed E-state index contributed by atoms with van der Waals surface area (Å²) < 4.78 is 0. The van der Waals surface area contributed by atoms with Crippen LogP contribution in [0.2, 0.25) is 25.3 Å². The van der Waals surface area contributed by atoms with Gasteiger partial charge in [0.2, 0.25) is 0 Å². The standard InChI is InChI=1S/C6H14B2/c1-3-7-5-2-6-8-4-1/h7-8H,1-6H2. The number of hydrogen-bond donors (Lipinski definition) is 0. The Hall–Kier alpha value is 0.130. The monoisotopic (exact) mass is 108 g/mol. The number of hydrogen-bond acceptors (Lipinski definition) is 0. The van der Waals surface area contributed by atoms with E-state index in [9.17, 15) is 0 Å². The van der Waals surface area contributed by atoms with Crippen LogP contribution in [0.5, 0.6) is 0 Å². The quantitative estimate of drug-likeness (QED) is 0.410. The Labute approximate surface area is 53.5 Å². The minimum atomic E-state index is 1.50. The Morgan fingerprint density at radius 2 is 1.00 bits per heavy atom. The van der Waals surface area contributed by atoms with Gasteiger partial charge in [0.15, 0.2) is 0 Å². The smallest absolute Gasteiger partial charge is 0.0781 e. The third kappa shape index (κ3) is 2.44. The van der Waals surface area contributed by atoms with Crippen molar-refractivity contribution in [3.05, 3.63) is 0 Å². The molecule has 0 bridgehead atoms. The maximum Gasteiger partial charge on any atom is 0.120 e. The lowest BCUT2D eigenvalue weighted by molar-refractivity contribution is 0.971. The van der Waals surface area contributed by atoms with Gasteiger partial charge in [0.05, 0.1) is 0 Å². The molecule has 1 aliphatic heterocycles. The fourth-order valence-electron chi connectivity index (χ4n) is 1.41. The molecule has 0 aromatic carbocycles. The van der Waals surface area contributed by atoms with Gasteiger partial charge >= 0.3 is 0 Å². The van der Waals surface area contributed by atoms with Gasteiger partial charge in [-0.05, 0) is 0 Å². The van der Waals surface area contributed by atoms with Crippen molar-refractivity contribution < 1.29 is 0 Å². The van der Waals surface area contributed by atoms with Crippen LogP contribution < -0.4 is 0 Å². The summed E-state index contributed by atoms with van der Waals surface area (Å²) >= 11 is 0. The largest absolute Gasteiger partial charge is 0.120 e. The summed E-state index contributed by atoms with van der Waals surface area (Å²) in [4.78, 5) is 0. The Balaban J connectivity index is 2.00. The van der Waals surface area contributed by atoms with Crippen molar-refractivity contribution in [1.82, 2.24) is 0 Å². The second-order valence-corrected chi connectivity index (χ2v) is 2.83. The highest BCUT2D eigenvalue weighted by atomic mass is 13.8. The van der Waals surface area contributed by atoms with Gasteiger partial charge < -0.3 is 0 Å². The zero-order valence-electron chi connectivity index (χ0n) is 5.66. The van der Waals surface area contributed by atoms with Gasteiger partial charge in [-0.15, -0.1) is 0 Å². The second-order valence-electron chi connectivity index (χ2n) is 2.83. The van der Waals surface area contributed by atoms with Crippen LogP contribution >= 0.6 is 0 Å². The van der Waals surface area contributed by atoms with E-state index in [-0.39, 0.29) is 0 Å². The maximum atomic E-state index is 1.50. The van der Waals surface area contributed by atoms with E-state index in [1.807, 2.05) is 0 Å². The van der Waals surface area contributed by atoms with Crippen LogP contribution in [0.1, 0.15) is 12.8 Å². The summed E-state index contributed by atoms with van der Waals surface area (Å²) in [7, 11) is 3.00. The van der Waals surface area contributed by atoms with Crippen LogP contribution in [0.15, 0.2) is 0 Å². The molecule has 0 aromatic heterocycles. The van der Waals surface area contributed by atoms with E-state index in [1.165, 1.54) is 52.7 Å². The van der Waals surface area contributed by atoms with Crippen LogP contribution in [0, 0.1) is 0 Å². The summed E-state index contributed by atoms with van der Waals surface area (Å²) in [6, 6.07) is 0. The molecule has 0 nitrogen and oxygen atoms in total. The molecule has 0 saturated carbocycles. The van der Waals surface area contributed by atoms with E-state index in [0.717, 1.165) is 0 Å². The minimum absolute atomic E-state index is 1.50. The molecule has 1 heterocycles. The van der Waals surface area contributed by atoms with E-state index in [4.69, 9.17) is 0 Å². The molecule has 44 valence electrons. The van der Waals surface area contributed by atoms with Crippen molar-refractivity contribution >= 4 is 14.6 Å². The van der Waals surface area contributed by atoms with Crippen molar-refractivity contribution in [1.29, 1.82) is 0 Å². The van der Waals surface area contributed by atoms with Crippen molar-refractivity contribution in [2.24, 2.45) is 0 Å². The summed E-state index contributed by atoms with van der Waals surface area (Å²) in [6.07, 6.45) is 9.00. The van der Waals surface area contributed by atoms with Crippen molar-refractivity contribution in [3.63, 3.8) is 0 Å². The third-order valence-electron chi connectivity index (χ3n) is 2.00. The van der Waals surface area contributed by atoms with Gasteiger partial charge in [0, 0.05) is 0 Å². The highest BCUT2D eigenvalue weighted by Crippen LogP contribution is 2.07. The topological polar surface area (TPSA) is 0 Å². The fourth-order valence-corrected chi connectivity index (χ4v) is 1.41. The molecule has 0 spiro atoms. The predicted octanol–water partition coefficient (Wildman–Crippen LogP) is 1.33. The highest BCUT2D eigenvalue weighted by molar-refractivity contribution is 6.39. The summed E-state index contributed by atoms with van der Waals surface area (Å²) in [6.45, 7) is 0. The lowest BCUT2D eigenvalue weighted by Crippen LogP contribution is -1.98. The minimum Gasteiger partial charge on any atom is -0.0781 e. The first-order chi connectivity index (χ1) is 4.00. The molecule has 0 unspecified atom stereocenters. The molecule has 0 aliphatic carbocycles. The first-order valence-electron chi connectivity index (χ1n) is 4.00. The molecule has 0 N–H and O–H groups in total. The molecule has 0 radical (unpaired) electrons. The maximum absolute atomic E-state index is 1.50. The Bertz CT molecular complexity index is 30.5. The van der Waals surface area contributed by atoms with Crippen LogP contribution in [0.25, 0.3) is 0 Å². The molecule has 1 rings (SSSR count).